The molecule has 0 unspecified atom stereocenters. The number of rotatable bonds is 3. The Kier molecular flexibility index (Phi) is 2.04. The first-order valence-corrected chi connectivity index (χ1v) is 4.40. The number of carboxylic acid groups (broad SMARTS) is 1. The van der Waals surface area contributed by atoms with Crippen LogP contribution in [0.5, 0.6) is 11.5 Å². The van der Waals surface area contributed by atoms with Gasteiger partial charge in [-0.25, -0.2) is 4.79 Å². The second-order valence-corrected chi connectivity index (χ2v) is 3.30. The fourth-order valence-corrected chi connectivity index (χ4v) is 1.12. The molecule has 4 heteroatoms. The number of carboxylic acids is 1. The number of hydrogen-bond acceptors (Lipinski definition) is 3. The highest BCUT2D eigenvalue weighted by Crippen LogP contribution is 2.33. The predicted molar refractivity (Wildman–Crippen MR) is 48.7 cm³/mol. The van der Waals surface area contributed by atoms with E-state index in [4.69, 9.17) is 9.84 Å². The van der Waals surface area contributed by atoms with Crippen molar-refractivity contribution in [1.29, 1.82) is 0 Å². The SMILES string of the molecule is O=C(O)c1ccc(OC2CC2)c(O)c1. The van der Waals surface area contributed by atoms with Gasteiger partial charge in [-0.1, -0.05) is 0 Å². The molecule has 1 saturated carbocycles. The Balaban J connectivity index is 2.21. The third-order valence-corrected chi connectivity index (χ3v) is 2.02. The predicted octanol–water partition coefficient (Wildman–Crippen LogP) is 1.63. The molecule has 2 rings (SSSR count). The molecule has 0 radical (unpaired) electrons. The maximum atomic E-state index is 10.5. The summed E-state index contributed by atoms with van der Waals surface area (Å²) in [7, 11) is 0. The number of hydrogen-bond donors (Lipinski definition) is 2. The zero-order valence-electron chi connectivity index (χ0n) is 7.43. The van der Waals surface area contributed by atoms with E-state index in [2.05, 4.69) is 0 Å². The lowest BCUT2D eigenvalue weighted by molar-refractivity contribution is 0.0696. The van der Waals surface area contributed by atoms with Crippen LogP contribution in [-0.2, 0) is 0 Å². The smallest absolute Gasteiger partial charge is 0.335 e. The van der Waals surface area contributed by atoms with Crippen LogP contribution in [0.1, 0.15) is 23.2 Å². The Hall–Kier alpha value is -1.71. The summed E-state index contributed by atoms with van der Waals surface area (Å²) in [6.45, 7) is 0. The molecule has 0 heterocycles. The second-order valence-electron chi connectivity index (χ2n) is 3.30. The van der Waals surface area contributed by atoms with Gasteiger partial charge >= 0.3 is 5.97 Å². The highest BCUT2D eigenvalue weighted by molar-refractivity contribution is 5.88. The summed E-state index contributed by atoms with van der Waals surface area (Å²) >= 11 is 0. The maximum Gasteiger partial charge on any atom is 0.335 e. The molecule has 0 amide bonds. The number of aromatic carboxylic acids is 1. The fourth-order valence-electron chi connectivity index (χ4n) is 1.12. The van der Waals surface area contributed by atoms with Crippen LogP contribution < -0.4 is 4.74 Å². The van der Waals surface area contributed by atoms with Crippen molar-refractivity contribution < 1.29 is 19.7 Å². The average molecular weight is 194 g/mol. The Morgan fingerprint density at radius 2 is 2.14 bits per heavy atom. The summed E-state index contributed by atoms with van der Waals surface area (Å²) < 4.78 is 5.35. The molecule has 1 fully saturated rings. The van der Waals surface area contributed by atoms with E-state index in [1.807, 2.05) is 0 Å². The summed E-state index contributed by atoms with van der Waals surface area (Å²) in [4.78, 5) is 10.5. The van der Waals surface area contributed by atoms with Gasteiger partial charge in [-0.15, -0.1) is 0 Å². The van der Waals surface area contributed by atoms with Crippen molar-refractivity contribution >= 4 is 5.97 Å². The number of carbonyl (C=O) groups is 1. The first-order chi connectivity index (χ1) is 6.66. The Morgan fingerprint density at radius 3 is 2.64 bits per heavy atom. The standard InChI is InChI=1S/C10H10O4/c11-8-5-6(10(12)13)1-4-9(8)14-7-2-3-7/h1,4-5,7,11H,2-3H2,(H,12,13). The lowest BCUT2D eigenvalue weighted by Gasteiger charge is -2.06. The molecule has 2 N–H and O–H groups in total. The first kappa shape index (κ1) is 8.87. The molecular formula is C10H10O4. The minimum atomic E-state index is -1.06. The van der Waals surface area contributed by atoms with Gasteiger partial charge in [0.1, 0.15) is 0 Å². The van der Waals surface area contributed by atoms with Gasteiger partial charge in [0.05, 0.1) is 11.7 Å². The number of benzene rings is 1. The van der Waals surface area contributed by atoms with E-state index < -0.39 is 5.97 Å². The van der Waals surface area contributed by atoms with Crippen molar-refractivity contribution in [3.63, 3.8) is 0 Å². The summed E-state index contributed by atoms with van der Waals surface area (Å²) in [6.07, 6.45) is 2.19. The van der Waals surface area contributed by atoms with Crippen molar-refractivity contribution in [2.24, 2.45) is 0 Å². The van der Waals surface area contributed by atoms with Crippen molar-refractivity contribution in [3.05, 3.63) is 23.8 Å². The van der Waals surface area contributed by atoms with Gasteiger partial charge in [0, 0.05) is 0 Å². The van der Waals surface area contributed by atoms with E-state index in [1.54, 1.807) is 0 Å². The van der Waals surface area contributed by atoms with Gasteiger partial charge in [-0.3, -0.25) is 0 Å². The number of aromatic hydroxyl groups is 1. The Bertz CT molecular complexity index is 368. The van der Waals surface area contributed by atoms with Crippen molar-refractivity contribution in [2.45, 2.75) is 18.9 Å². The largest absolute Gasteiger partial charge is 0.504 e. The highest BCUT2D eigenvalue weighted by atomic mass is 16.5. The van der Waals surface area contributed by atoms with Gasteiger partial charge in [-0.2, -0.15) is 0 Å². The monoisotopic (exact) mass is 194 g/mol. The highest BCUT2D eigenvalue weighted by Gasteiger charge is 2.24. The molecule has 0 aliphatic heterocycles. The summed E-state index contributed by atoms with van der Waals surface area (Å²) in [5.74, 6) is -0.812. The topological polar surface area (TPSA) is 66.8 Å². The van der Waals surface area contributed by atoms with E-state index in [0.29, 0.717) is 5.75 Å². The lowest BCUT2D eigenvalue weighted by atomic mass is 10.2. The number of phenols is 1. The van der Waals surface area contributed by atoms with Crippen LogP contribution in [0.15, 0.2) is 18.2 Å². The summed E-state index contributed by atoms with van der Waals surface area (Å²) in [6, 6.07) is 4.09. The van der Waals surface area contributed by atoms with Gasteiger partial charge < -0.3 is 14.9 Å². The fraction of sp³-hybridized carbons (Fsp3) is 0.300. The normalized spacial score (nSPS) is 15.1. The molecule has 1 aromatic rings. The molecule has 1 aliphatic rings. The van der Waals surface area contributed by atoms with Gasteiger partial charge in [0.2, 0.25) is 0 Å². The van der Waals surface area contributed by atoms with Crippen LogP contribution in [0.3, 0.4) is 0 Å². The van der Waals surface area contributed by atoms with E-state index in [1.165, 1.54) is 18.2 Å². The van der Waals surface area contributed by atoms with Gasteiger partial charge in [0.25, 0.3) is 0 Å². The van der Waals surface area contributed by atoms with Gasteiger partial charge in [0.15, 0.2) is 11.5 Å². The molecular weight excluding hydrogens is 184 g/mol. The lowest BCUT2D eigenvalue weighted by Crippen LogP contribution is -1.99. The quantitative estimate of drug-likeness (QED) is 0.767. The minimum Gasteiger partial charge on any atom is -0.504 e. The third-order valence-electron chi connectivity index (χ3n) is 2.02. The number of phenolic OH excluding ortho intramolecular Hbond substituents is 1. The molecule has 4 nitrogen and oxygen atoms in total. The second kappa shape index (κ2) is 3.21. The molecule has 1 aromatic carbocycles. The summed E-state index contributed by atoms with van der Waals surface area (Å²) in [5, 5.41) is 18.1. The van der Waals surface area contributed by atoms with Crippen molar-refractivity contribution in [3.8, 4) is 11.5 Å². The third kappa shape index (κ3) is 1.79. The van der Waals surface area contributed by atoms with Crippen LogP contribution in [0.2, 0.25) is 0 Å². The molecule has 1 aliphatic carbocycles. The molecule has 14 heavy (non-hydrogen) atoms. The van der Waals surface area contributed by atoms with Crippen LogP contribution in [0.25, 0.3) is 0 Å². The average Bonchev–Trinajstić information content (AvgIpc) is 2.92. The van der Waals surface area contributed by atoms with Gasteiger partial charge in [-0.05, 0) is 31.0 Å². The first-order valence-electron chi connectivity index (χ1n) is 4.40. The zero-order valence-corrected chi connectivity index (χ0v) is 7.43. The van der Waals surface area contributed by atoms with Crippen LogP contribution in [-0.4, -0.2) is 22.3 Å². The number of ether oxygens (including phenoxy) is 1. The molecule has 0 atom stereocenters. The van der Waals surface area contributed by atoms with Crippen LogP contribution in [0, 0.1) is 0 Å². The Labute approximate surface area is 80.7 Å². The van der Waals surface area contributed by atoms with E-state index in [9.17, 15) is 9.90 Å². The molecule has 0 bridgehead atoms. The molecule has 0 saturated heterocycles. The van der Waals surface area contributed by atoms with Crippen molar-refractivity contribution in [2.75, 3.05) is 0 Å². The van der Waals surface area contributed by atoms with Crippen LogP contribution >= 0.6 is 0 Å². The Morgan fingerprint density at radius 1 is 1.43 bits per heavy atom. The zero-order chi connectivity index (χ0) is 10.1. The molecule has 74 valence electrons. The van der Waals surface area contributed by atoms with E-state index >= 15 is 0 Å². The maximum absolute atomic E-state index is 10.5. The van der Waals surface area contributed by atoms with E-state index in [0.717, 1.165) is 12.8 Å². The van der Waals surface area contributed by atoms with E-state index in [-0.39, 0.29) is 17.4 Å². The summed E-state index contributed by atoms with van der Waals surface area (Å²) in [5.41, 5.74) is 0.0608. The minimum absolute atomic E-state index is 0.0608. The molecule has 0 aromatic heterocycles. The molecule has 0 spiro atoms. The van der Waals surface area contributed by atoms with Crippen molar-refractivity contribution in [1.82, 2.24) is 0 Å². The van der Waals surface area contributed by atoms with Crippen LogP contribution in [0.4, 0.5) is 0 Å².